The number of rotatable bonds is 4. The Morgan fingerprint density at radius 1 is 1.23 bits per heavy atom. The van der Waals surface area contributed by atoms with Gasteiger partial charge in [0.15, 0.2) is 0 Å². The van der Waals surface area contributed by atoms with Crippen molar-refractivity contribution in [2.75, 3.05) is 31.7 Å². The summed E-state index contributed by atoms with van der Waals surface area (Å²) < 4.78 is 1.82. The molecule has 1 saturated heterocycles. The van der Waals surface area contributed by atoms with E-state index in [4.69, 9.17) is 0 Å². The number of anilines is 1. The number of amidine groups is 2. The zero-order chi connectivity index (χ0) is 18.8. The maximum absolute atomic E-state index is 12.5. The molecule has 1 atom stereocenters. The molecule has 2 aliphatic heterocycles. The Morgan fingerprint density at radius 3 is 2.58 bits per heavy atom. The molecule has 2 heterocycles. The largest absolute Gasteiger partial charge is 0.358 e. The quantitative estimate of drug-likeness (QED) is 0.799. The smallest absolute Gasteiger partial charge is 0.325 e. The van der Waals surface area contributed by atoms with Gasteiger partial charge in [0.1, 0.15) is 0 Å². The van der Waals surface area contributed by atoms with E-state index in [-0.39, 0.29) is 17.6 Å². The van der Waals surface area contributed by atoms with Gasteiger partial charge in [0, 0.05) is 19.8 Å². The van der Waals surface area contributed by atoms with Crippen LogP contribution in [0.4, 0.5) is 10.5 Å². The molecule has 0 bridgehead atoms. The molecule has 0 radical (unpaired) electrons. The van der Waals surface area contributed by atoms with Crippen molar-refractivity contribution < 1.29 is 19.0 Å². The van der Waals surface area contributed by atoms with Gasteiger partial charge in [-0.1, -0.05) is 18.2 Å². The van der Waals surface area contributed by atoms with Crippen LogP contribution in [0.2, 0.25) is 0 Å². The number of hydrogen-bond donors (Lipinski definition) is 1. The highest BCUT2D eigenvalue weighted by molar-refractivity contribution is 8.14. The number of carbonyl (C=O) groups excluding carboxylic acids is 3. The molecule has 9 heteroatoms. The number of fused-ring (bicyclic) bond motifs is 1. The molecule has 8 nitrogen and oxygen atoms in total. The zero-order valence-electron chi connectivity index (χ0n) is 14.8. The minimum absolute atomic E-state index is 0.159. The van der Waals surface area contributed by atoms with Crippen molar-refractivity contribution in [3.05, 3.63) is 30.3 Å². The summed E-state index contributed by atoms with van der Waals surface area (Å²) in [5.41, 5.74) is 0.726. The van der Waals surface area contributed by atoms with Crippen LogP contribution in [0.3, 0.4) is 0 Å². The topological polar surface area (TPSA) is 85.1 Å². The van der Waals surface area contributed by atoms with Gasteiger partial charge in [-0.15, -0.1) is 0 Å². The summed E-state index contributed by atoms with van der Waals surface area (Å²) in [6, 6.07) is 8.17. The molecule has 1 aromatic rings. The number of benzene rings is 1. The second kappa shape index (κ2) is 7.28. The average molecular weight is 374 g/mol. The molecule has 0 aromatic heterocycles. The van der Waals surface area contributed by atoms with Gasteiger partial charge in [-0.2, -0.15) is 0 Å². The average Bonchev–Trinajstić information content (AvgIpc) is 3.02. The third-order valence-electron chi connectivity index (χ3n) is 4.22. The Kier molecular flexibility index (Phi) is 5.08. The summed E-state index contributed by atoms with van der Waals surface area (Å²) in [4.78, 5) is 43.7. The second-order valence-electron chi connectivity index (χ2n) is 5.88. The van der Waals surface area contributed by atoms with Crippen molar-refractivity contribution in [1.82, 2.24) is 9.80 Å². The third kappa shape index (κ3) is 3.22. The number of thioether (sulfide) groups is 1. The molecule has 0 spiro atoms. The van der Waals surface area contributed by atoms with E-state index in [1.54, 1.807) is 7.05 Å². The maximum atomic E-state index is 12.5. The van der Waals surface area contributed by atoms with Gasteiger partial charge in [-0.3, -0.25) is 19.4 Å². The standard InChI is InChI=1S/C17H19N5O3S/c1-4-22-13-14(20(2)17(25)21(3)15(13)24)19-16(22)26-10-12(23)18-11-8-6-5-7-9-11/h5-9,13H,4,10H2,1-3H3/p+1. The van der Waals surface area contributed by atoms with Gasteiger partial charge in [0.05, 0.1) is 12.3 Å². The maximum Gasteiger partial charge on any atom is 0.358 e. The molecule has 1 fully saturated rings. The van der Waals surface area contributed by atoms with Crippen molar-refractivity contribution in [3.63, 3.8) is 0 Å². The van der Waals surface area contributed by atoms with Crippen LogP contribution in [-0.4, -0.2) is 75.7 Å². The summed E-state index contributed by atoms with van der Waals surface area (Å²) in [6.07, 6.45) is 0. The van der Waals surface area contributed by atoms with Gasteiger partial charge in [-0.25, -0.2) is 9.37 Å². The van der Waals surface area contributed by atoms with Crippen LogP contribution in [-0.2, 0) is 9.59 Å². The lowest BCUT2D eigenvalue weighted by atomic mass is 10.1. The Labute approximate surface area is 155 Å². The number of likely N-dealkylation sites (N-methyl/N-ethyl adjacent to an activating group) is 3. The first-order valence-corrected chi connectivity index (χ1v) is 9.17. The van der Waals surface area contributed by atoms with Gasteiger partial charge in [0.25, 0.3) is 17.8 Å². The molecular weight excluding hydrogens is 354 g/mol. The van der Waals surface area contributed by atoms with E-state index in [1.165, 1.54) is 23.7 Å². The Hall–Kier alpha value is -2.68. The lowest BCUT2D eigenvalue weighted by Gasteiger charge is -2.30. The fraction of sp³-hybridized carbons (Fsp3) is 0.353. The molecule has 136 valence electrons. The number of hydrogen-bond acceptors (Lipinski definition) is 5. The number of nitrogens with zero attached hydrogens (tertiary/aromatic N) is 4. The molecule has 4 amide bonds. The van der Waals surface area contributed by atoms with Crippen LogP contribution < -0.4 is 5.32 Å². The second-order valence-corrected chi connectivity index (χ2v) is 6.83. The molecular formula is C17H20N5O3S+. The van der Waals surface area contributed by atoms with Crippen molar-refractivity contribution in [2.45, 2.75) is 13.0 Å². The van der Waals surface area contributed by atoms with Gasteiger partial charge in [-0.05, 0) is 35.8 Å². The van der Waals surface area contributed by atoms with Gasteiger partial charge >= 0.3 is 11.2 Å². The van der Waals surface area contributed by atoms with Crippen LogP contribution in [0.15, 0.2) is 35.3 Å². The number of para-hydroxylation sites is 1. The molecule has 26 heavy (non-hydrogen) atoms. The predicted molar refractivity (Wildman–Crippen MR) is 100 cm³/mol. The number of nitrogens with one attached hydrogen (secondary N) is 1. The normalized spacial score (nSPS) is 19.7. The van der Waals surface area contributed by atoms with Crippen molar-refractivity contribution in [3.8, 4) is 0 Å². The van der Waals surface area contributed by atoms with Crippen LogP contribution in [0.5, 0.6) is 0 Å². The number of carbonyl (C=O) groups is 3. The first kappa shape index (κ1) is 18.1. The van der Waals surface area contributed by atoms with Crippen LogP contribution in [0, 0.1) is 0 Å². The first-order chi connectivity index (χ1) is 12.4. The highest BCUT2D eigenvalue weighted by Crippen LogP contribution is 2.22. The van der Waals surface area contributed by atoms with Crippen molar-refractivity contribution in [1.29, 1.82) is 0 Å². The highest BCUT2D eigenvalue weighted by Gasteiger charge is 2.52. The van der Waals surface area contributed by atoms with Gasteiger partial charge < -0.3 is 5.32 Å². The molecule has 0 aliphatic carbocycles. The van der Waals surface area contributed by atoms with E-state index in [0.29, 0.717) is 17.5 Å². The summed E-state index contributed by atoms with van der Waals surface area (Å²) in [7, 11) is 3.06. The summed E-state index contributed by atoms with van der Waals surface area (Å²) >= 11 is 1.25. The van der Waals surface area contributed by atoms with Crippen molar-refractivity contribution >= 4 is 46.3 Å². The number of urea groups is 1. The summed E-state index contributed by atoms with van der Waals surface area (Å²) in [5, 5.41) is 3.38. The molecule has 0 saturated carbocycles. The van der Waals surface area contributed by atoms with E-state index >= 15 is 0 Å². The van der Waals surface area contributed by atoms with Crippen LogP contribution in [0.1, 0.15) is 6.92 Å². The number of imide groups is 1. The Bertz CT molecular complexity index is 821. The third-order valence-corrected chi connectivity index (χ3v) is 5.22. The van der Waals surface area contributed by atoms with Crippen LogP contribution >= 0.6 is 11.8 Å². The van der Waals surface area contributed by atoms with E-state index in [0.717, 1.165) is 10.6 Å². The Morgan fingerprint density at radius 2 is 1.92 bits per heavy atom. The zero-order valence-corrected chi connectivity index (χ0v) is 15.6. The minimum atomic E-state index is -0.618. The number of amides is 4. The van der Waals surface area contributed by atoms with Gasteiger partial charge in [0.2, 0.25) is 5.91 Å². The highest BCUT2D eigenvalue weighted by atomic mass is 32.2. The molecule has 2 aliphatic rings. The molecule has 1 unspecified atom stereocenters. The molecule has 3 rings (SSSR count). The van der Waals surface area contributed by atoms with E-state index in [2.05, 4.69) is 10.3 Å². The van der Waals surface area contributed by atoms with E-state index < -0.39 is 12.1 Å². The fourth-order valence-corrected chi connectivity index (χ4v) is 3.75. The minimum Gasteiger partial charge on any atom is -0.325 e. The SMILES string of the molecule is CC[N+]1=C(SCC(=O)Nc2ccccc2)N=C2C1C(=O)N(C)C(=O)N2C. The first-order valence-electron chi connectivity index (χ1n) is 8.19. The van der Waals surface area contributed by atoms with Crippen LogP contribution in [0.25, 0.3) is 0 Å². The lowest BCUT2D eigenvalue weighted by molar-refractivity contribution is -0.529. The molecule has 1 aromatic carbocycles. The summed E-state index contributed by atoms with van der Waals surface area (Å²) in [5.74, 6) is 0.1000. The predicted octanol–water partition coefficient (Wildman–Crippen LogP) is 1.05. The molecule has 1 N–H and O–H groups in total. The summed E-state index contributed by atoms with van der Waals surface area (Å²) in [6.45, 7) is 2.45. The lowest BCUT2D eigenvalue weighted by Crippen LogP contribution is -2.61. The monoisotopic (exact) mass is 374 g/mol. The Balaban J connectivity index is 1.74. The van der Waals surface area contributed by atoms with E-state index in [1.807, 2.05) is 41.8 Å². The number of aliphatic imine (C=N–C) groups is 1. The van der Waals surface area contributed by atoms with Crippen molar-refractivity contribution in [2.24, 2.45) is 4.99 Å². The fourth-order valence-electron chi connectivity index (χ4n) is 2.86. The van der Waals surface area contributed by atoms with E-state index in [9.17, 15) is 14.4 Å².